The quantitative estimate of drug-likeness (QED) is 0.579. The fraction of sp³-hybridized carbons (Fsp3) is 0.417. The van der Waals surface area contributed by atoms with Crippen LogP contribution in [-0.4, -0.2) is 85.4 Å². The Morgan fingerprint density at radius 1 is 1.18 bits per heavy atom. The van der Waals surface area contributed by atoms with Gasteiger partial charge in [0.05, 0.1) is 13.7 Å². The molecule has 0 aliphatic carbocycles. The molecule has 10 heteroatoms. The van der Waals surface area contributed by atoms with Gasteiger partial charge in [0.1, 0.15) is 11.6 Å². The van der Waals surface area contributed by atoms with Gasteiger partial charge in [-0.2, -0.15) is 8.78 Å². The smallest absolute Gasteiger partial charge is 0.314 e. The van der Waals surface area contributed by atoms with Crippen molar-refractivity contribution < 1.29 is 17.9 Å². The first-order valence-corrected chi connectivity index (χ1v) is 11.1. The number of anilines is 1. The number of nitrogens with zero attached hydrogens (tertiary/aromatic N) is 6. The summed E-state index contributed by atoms with van der Waals surface area (Å²) in [5, 5.41) is 7.21. The molecule has 0 unspecified atom stereocenters. The first-order valence-electron chi connectivity index (χ1n) is 11.1. The normalized spacial score (nSPS) is 17.0. The van der Waals surface area contributed by atoms with Crippen molar-refractivity contribution >= 4 is 11.3 Å². The van der Waals surface area contributed by atoms with Crippen molar-refractivity contribution in [1.29, 1.82) is 0 Å². The van der Waals surface area contributed by atoms with Crippen LogP contribution in [0.25, 0.3) is 5.57 Å². The molecule has 0 atom stereocenters. The number of piperazine rings is 1. The molecule has 1 fully saturated rings. The van der Waals surface area contributed by atoms with E-state index in [2.05, 4.69) is 38.5 Å². The van der Waals surface area contributed by atoms with Crippen LogP contribution in [0, 0.1) is 0 Å². The maximum absolute atomic E-state index is 12.8. The maximum atomic E-state index is 12.8. The first-order chi connectivity index (χ1) is 16.4. The van der Waals surface area contributed by atoms with E-state index in [1.807, 2.05) is 48.4 Å². The van der Waals surface area contributed by atoms with Crippen molar-refractivity contribution in [3.05, 3.63) is 66.3 Å². The number of ether oxygens (including phenoxy) is 1. The Balaban J connectivity index is 1.59. The Kier molecular flexibility index (Phi) is 7.16. The van der Waals surface area contributed by atoms with Gasteiger partial charge in [-0.3, -0.25) is 0 Å². The summed E-state index contributed by atoms with van der Waals surface area (Å²) in [6.45, 7) is 9.23. The van der Waals surface area contributed by atoms with E-state index in [-0.39, 0.29) is 5.89 Å². The highest BCUT2D eigenvalue weighted by molar-refractivity contribution is 5.64. The summed E-state index contributed by atoms with van der Waals surface area (Å²) in [6.07, 6.45) is 1.02. The molecule has 0 amide bonds. The molecule has 3 heterocycles. The van der Waals surface area contributed by atoms with Gasteiger partial charge < -0.3 is 28.8 Å². The number of halogens is 2. The Morgan fingerprint density at radius 3 is 2.59 bits per heavy atom. The second-order valence-corrected chi connectivity index (χ2v) is 8.45. The zero-order valence-electron chi connectivity index (χ0n) is 19.7. The molecule has 0 saturated carbocycles. The van der Waals surface area contributed by atoms with Crippen molar-refractivity contribution in [2.75, 3.05) is 65.4 Å². The number of aromatic nitrogens is 2. The number of hydrogen-bond acceptors (Lipinski definition) is 8. The third-order valence-corrected chi connectivity index (χ3v) is 6.14. The number of allylic oxidation sites excluding steroid dienone is 2. The van der Waals surface area contributed by atoms with Gasteiger partial charge in [-0.05, 0) is 31.3 Å². The average molecular weight is 473 g/mol. The monoisotopic (exact) mass is 472 g/mol. The van der Waals surface area contributed by atoms with E-state index in [9.17, 15) is 8.78 Å². The lowest BCUT2D eigenvalue weighted by molar-refractivity contribution is 0.114. The fourth-order valence-electron chi connectivity index (χ4n) is 4.01. The van der Waals surface area contributed by atoms with Crippen molar-refractivity contribution in [3.63, 3.8) is 0 Å². The van der Waals surface area contributed by atoms with Gasteiger partial charge in [0, 0.05) is 62.8 Å². The molecule has 1 aromatic carbocycles. The molecule has 2 aliphatic heterocycles. The lowest BCUT2D eigenvalue weighted by Gasteiger charge is -2.41. The minimum atomic E-state index is -2.79. The lowest BCUT2D eigenvalue weighted by atomic mass is 10.1. The topological polar surface area (TPSA) is 61.1 Å². The molecule has 2 aliphatic rings. The number of rotatable bonds is 8. The Hall–Kier alpha value is -3.40. The Morgan fingerprint density at radius 2 is 1.94 bits per heavy atom. The van der Waals surface area contributed by atoms with Gasteiger partial charge in [-0.25, -0.2) is 0 Å². The molecule has 2 aromatic rings. The first kappa shape index (κ1) is 23.7. The van der Waals surface area contributed by atoms with Gasteiger partial charge in [-0.15, -0.1) is 10.2 Å². The molecular formula is C24H30F2N6O2. The third-order valence-electron chi connectivity index (χ3n) is 6.14. The zero-order valence-corrected chi connectivity index (χ0v) is 19.7. The van der Waals surface area contributed by atoms with Gasteiger partial charge in [-0.1, -0.05) is 12.6 Å². The van der Waals surface area contributed by atoms with E-state index in [1.165, 1.54) is 0 Å². The number of hydrogen-bond donors (Lipinski definition) is 0. The van der Waals surface area contributed by atoms with E-state index >= 15 is 0 Å². The molecule has 4 rings (SSSR count). The summed E-state index contributed by atoms with van der Waals surface area (Å²) in [7, 11) is 5.73. The van der Waals surface area contributed by atoms with Crippen LogP contribution in [0.15, 0.2) is 58.9 Å². The summed E-state index contributed by atoms with van der Waals surface area (Å²) in [6, 6.07) is 7.92. The number of likely N-dealkylation sites (N-methyl/N-ethyl adjacent to an activating group) is 2. The highest BCUT2D eigenvalue weighted by atomic mass is 19.3. The molecule has 34 heavy (non-hydrogen) atoms. The van der Waals surface area contributed by atoms with E-state index in [4.69, 9.17) is 9.15 Å². The summed E-state index contributed by atoms with van der Waals surface area (Å²) >= 11 is 0. The SMILES string of the molecule is C=C(N1CCN(C)CC1)N(CC1=CC=C(c2nnc(C(F)F)o2)CN1C)c1cccc(OC)c1. The van der Waals surface area contributed by atoms with Crippen LogP contribution in [0.5, 0.6) is 5.75 Å². The van der Waals surface area contributed by atoms with Crippen LogP contribution >= 0.6 is 0 Å². The number of benzene rings is 1. The van der Waals surface area contributed by atoms with Gasteiger partial charge in [0.15, 0.2) is 0 Å². The van der Waals surface area contributed by atoms with E-state index < -0.39 is 12.3 Å². The third kappa shape index (κ3) is 5.22. The van der Waals surface area contributed by atoms with E-state index in [1.54, 1.807) is 7.11 Å². The predicted molar refractivity (Wildman–Crippen MR) is 126 cm³/mol. The number of methoxy groups -OCH3 is 1. The summed E-state index contributed by atoms with van der Waals surface area (Å²) in [5.41, 5.74) is 2.71. The summed E-state index contributed by atoms with van der Waals surface area (Å²) in [4.78, 5) is 8.83. The van der Waals surface area contributed by atoms with Crippen LogP contribution in [0.4, 0.5) is 14.5 Å². The molecule has 0 bridgehead atoms. The molecule has 0 spiro atoms. The molecule has 0 N–H and O–H groups in total. The van der Waals surface area contributed by atoms with Crippen molar-refractivity contribution in [3.8, 4) is 5.75 Å². The highest BCUT2D eigenvalue weighted by Gasteiger charge is 2.25. The number of alkyl halides is 2. The Labute approximate surface area is 198 Å². The van der Waals surface area contributed by atoms with Crippen molar-refractivity contribution in [2.45, 2.75) is 6.43 Å². The van der Waals surface area contributed by atoms with Gasteiger partial charge in [0.25, 0.3) is 5.89 Å². The molecule has 1 saturated heterocycles. The molecule has 182 valence electrons. The maximum Gasteiger partial charge on any atom is 0.314 e. The predicted octanol–water partition coefficient (Wildman–Crippen LogP) is 3.45. The van der Waals surface area contributed by atoms with Crippen molar-refractivity contribution in [2.24, 2.45) is 0 Å². The summed E-state index contributed by atoms with van der Waals surface area (Å²) < 4.78 is 36.2. The standard InChI is InChI=1S/C24H30F2N6O2/c1-17(31-12-10-29(2)11-13-31)32(19-6-5-7-21(14-19)33-4)16-20-9-8-18(15-30(20)3)23-27-28-24(34-23)22(25)26/h5-9,14,22H,1,10-13,15-16H2,2-4H3. The van der Waals surface area contributed by atoms with Crippen LogP contribution in [0.1, 0.15) is 18.2 Å². The lowest BCUT2D eigenvalue weighted by Crippen LogP contribution is -2.48. The molecular weight excluding hydrogens is 442 g/mol. The van der Waals surface area contributed by atoms with Crippen LogP contribution in [0.2, 0.25) is 0 Å². The van der Waals surface area contributed by atoms with Crippen LogP contribution in [-0.2, 0) is 0 Å². The minimum absolute atomic E-state index is 0.115. The minimum Gasteiger partial charge on any atom is -0.497 e. The Bertz CT molecular complexity index is 1070. The van der Waals surface area contributed by atoms with Gasteiger partial charge >= 0.3 is 6.43 Å². The highest BCUT2D eigenvalue weighted by Crippen LogP contribution is 2.29. The van der Waals surface area contributed by atoms with E-state index in [0.29, 0.717) is 18.7 Å². The van der Waals surface area contributed by atoms with E-state index in [0.717, 1.165) is 49.1 Å². The molecule has 0 radical (unpaired) electrons. The van der Waals surface area contributed by atoms with Crippen LogP contribution < -0.4 is 9.64 Å². The van der Waals surface area contributed by atoms with Gasteiger partial charge in [0.2, 0.25) is 5.89 Å². The fourth-order valence-corrected chi connectivity index (χ4v) is 4.01. The zero-order chi connectivity index (χ0) is 24.2. The second-order valence-electron chi connectivity index (χ2n) is 8.45. The van der Waals surface area contributed by atoms with Crippen LogP contribution in [0.3, 0.4) is 0 Å². The summed E-state index contributed by atoms with van der Waals surface area (Å²) in [5.74, 6) is 1.14. The molecule has 8 nitrogen and oxygen atoms in total. The molecule has 1 aromatic heterocycles. The largest absolute Gasteiger partial charge is 0.497 e. The van der Waals surface area contributed by atoms with Crippen molar-refractivity contribution in [1.82, 2.24) is 24.9 Å². The average Bonchev–Trinajstić information content (AvgIpc) is 3.34. The second kappa shape index (κ2) is 10.3.